The summed E-state index contributed by atoms with van der Waals surface area (Å²) in [5.74, 6) is -0.364. The van der Waals surface area contributed by atoms with Crippen molar-refractivity contribution in [3.05, 3.63) is 58.4 Å². The van der Waals surface area contributed by atoms with E-state index in [2.05, 4.69) is 15.9 Å². The maximum atomic E-state index is 13.5. The van der Waals surface area contributed by atoms with E-state index in [1.807, 2.05) is 0 Å². The van der Waals surface area contributed by atoms with Gasteiger partial charge in [0.25, 0.3) is 0 Å². The van der Waals surface area contributed by atoms with Crippen molar-refractivity contribution in [2.75, 3.05) is 37.6 Å². The predicted octanol–water partition coefficient (Wildman–Crippen LogP) is 4.81. The highest BCUT2D eigenvalue weighted by atomic mass is 35.5. The molecular formula is C25H27ClFN3O3. The number of carboxylic acid groups (broad SMARTS) is 1. The van der Waals surface area contributed by atoms with Gasteiger partial charge in [0.1, 0.15) is 23.7 Å². The Balaban J connectivity index is 1.23. The molecule has 174 valence electrons. The van der Waals surface area contributed by atoms with Crippen molar-refractivity contribution in [2.45, 2.75) is 31.8 Å². The number of carbonyl (C=O) groups is 1. The Morgan fingerprint density at radius 2 is 1.85 bits per heavy atom. The summed E-state index contributed by atoms with van der Waals surface area (Å²) < 4.78 is 19.6. The lowest BCUT2D eigenvalue weighted by Gasteiger charge is -2.38. The van der Waals surface area contributed by atoms with Crippen LogP contribution in [-0.4, -0.2) is 54.8 Å². The highest BCUT2D eigenvalue weighted by molar-refractivity contribution is 6.31. The minimum absolute atomic E-state index is 0.0269. The Hall–Kier alpha value is -2.82. The number of nitrogens with zero attached hydrogens (tertiary/aromatic N) is 3. The van der Waals surface area contributed by atoms with Crippen LogP contribution in [0, 0.1) is 23.1 Å². The lowest BCUT2D eigenvalue weighted by Crippen LogP contribution is -2.43. The zero-order chi connectivity index (χ0) is 23.4. The van der Waals surface area contributed by atoms with Gasteiger partial charge in [-0.3, -0.25) is 0 Å². The molecule has 0 radical (unpaired) electrons. The molecule has 2 heterocycles. The maximum Gasteiger partial charge on any atom is 0.337 e. The van der Waals surface area contributed by atoms with E-state index in [0.29, 0.717) is 27.9 Å². The summed E-state index contributed by atoms with van der Waals surface area (Å²) in [4.78, 5) is 16.0. The van der Waals surface area contributed by atoms with E-state index in [9.17, 15) is 14.3 Å². The summed E-state index contributed by atoms with van der Waals surface area (Å²) in [7, 11) is 0. The first-order valence-corrected chi connectivity index (χ1v) is 11.7. The smallest absolute Gasteiger partial charge is 0.337 e. The third-order valence-corrected chi connectivity index (χ3v) is 6.87. The van der Waals surface area contributed by atoms with Crippen LogP contribution in [0.3, 0.4) is 0 Å². The van der Waals surface area contributed by atoms with E-state index in [1.54, 1.807) is 24.3 Å². The average molecular weight is 472 g/mol. The van der Waals surface area contributed by atoms with Crippen LogP contribution in [0.15, 0.2) is 36.4 Å². The molecule has 33 heavy (non-hydrogen) atoms. The van der Waals surface area contributed by atoms with Crippen LogP contribution in [-0.2, 0) is 0 Å². The third kappa shape index (κ3) is 5.76. The second kappa shape index (κ2) is 10.4. The molecule has 1 N–H and O–H groups in total. The lowest BCUT2D eigenvalue weighted by atomic mass is 9.94. The highest BCUT2D eigenvalue weighted by Crippen LogP contribution is 2.29. The monoisotopic (exact) mass is 471 g/mol. The first-order chi connectivity index (χ1) is 15.9. The number of anilines is 1. The van der Waals surface area contributed by atoms with Crippen LogP contribution in [0.1, 0.15) is 41.6 Å². The fraction of sp³-hybridized carbons (Fsp3) is 0.440. The van der Waals surface area contributed by atoms with Gasteiger partial charge in [0, 0.05) is 38.8 Å². The van der Waals surface area contributed by atoms with Crippen molar-refractivity contribution in [1.82, 2.24) is 4.90 Å². The van der Waals surface area contributed by atoms with E-state index in [4.69, 9.17) is 21.6 Å². The molecule has 4 rings (SSSR count). The standard InChI is InChI=1S/C25H27ClFN3O3/c26-23-14-21(3-1-18(23)15-28)33-20-7-9-29(10-8-20)16-17-5-11-30(12-6-17)24-4-2-19(27)13-22(24)25(31)32/h1-4,13-14,17,20H,5-12,16H2,(H,31,32). The zero-order valence-electron chi connectivity index (χ0n) is 18.3. The summed E-state index contributed by atoms with van der Waals surface area (Å²) in [6.45, 7) is 4.51. The number of likely N-dealkylation sites (tertiary alicyclic amines) is 1. The van der Waals surface area contributed by atoms with E-state index >= 15 is 0 Å². The molecule has 2 aliphatic rings. The topological polar surface area (TPSA) is 76.8 Å². The van der Waals surface area contributed by atoms with Gasteiger partial charge in [-0.05, 0) is 61.9 Å². The number of carboxylic acids is 1. The third-order valence-electron chi connectivity index (χ3n) is 6.56. The first-order valence-electron chi connectivity index (χ1n) is 11.3. The number of benzene rings is 2. The molecule has 2 saturated heterocycles. The summed E-state index contributed by atoms with van der Waals surface area (Å²) in [6, 6.07) is 11.2. The van der Waals surface area contributed by atoms with Gasteiger partial charge < -0.3 is 19.6 Å². The fourth-order valence-electron chi connectivity index (χ4n) is 4.74. The van der Waals surface area contributed by atoms with E-state index in [1.165, 1.54) is 6.07 Å². The van der Waals surface area contributed by atoms with E-state index in [0.717, 1.165) is 64.5 Å². The number of ether oxygens (including phenoxy) is 1. The second-order valence-electron chi connectivity index (χ2n) is 8.77. The molecule has 2 fully saturated rings. The van der Waals surface area contributed by atoms with Crippen molar-refractivity contribution >= 4 is 23.3 Å². The van der Waals surface area contributed by atoms with Gasteiger partial charge in [0.05, 0.1) is 21.8 Å². The Kier molecular flexibility index (Phi) is 7.36. The second-order valence-corrected chi connectivity index (χ2v) is 9.18. The van der Waals surface area contributed by atoms with Gasteiger partial charge in [-0.2, -0.15) is 5.26 Å². The predicted molar refractivity (Wildman–Crippen MR) is 125 cm³/mol. The van der Waals surface area contributed by atoms with Gasteiger partial charge in [-0.15, -0.1) is 0 Å². The SMILES string of the molecule is N#Cc1ccc(OC2CCN(CC3CCN(c4ccc(F)cc4C(=O)O)CC3)CC2)cc1Cl. The number of rotatable bonds is 6. The van der Waals surface area contributed by atoms with Crippen molar-refractivity contribution in [2.24, 2.45) is 5.92 Å². The van der Waals surface area contributed by atoms with E-state index < -0.39 is 11.8 Å². The van der Waals surface area contributed by atoms with E-state index in [-0.39, 0.29) is 11.7 Å². The summed E-state index contributed by atoms with van der Waals surface area (Å²) in [6.07, 6.45) is 3.98. The zero-order valence-corrected chi connectivity index (χ0v) is 19.1. The molecule has 0 unspecified atom stereocenters. The normalized spacial score (nSPS) is 18.2. The van der Waals surface area contributed by atoms with Crippen LogP contribution in [0.25, 0.3) is 0 Å². The fourth-order valence-corrected chi connectivity index (χ4v) is 4.95. The number of halogens is 2. The van der Waals surface area contributed by atoms with Gasteiger partial charge in [-0.25, -0.2) is 9.18 Å². The number of hydrogen-bond donors (Lipinski definition) is 1. The molecule has 2 aliphatic heterocycles. The van der Waals surface area contributed by atoms with Crippen molar-refractivity contribution in [3.63, 3.8) is 0 Å². The number of hydrogen-bond acceptors (Lipinski definition) is 5. The molecule has 0 atom stereocenters. The molecule has 2 aromatic rings. The molecule has 6 nitrogen and oxygen atoms in total. The molecule has 0 saturated carbocycles. The summed E-state index contributed by atoms with van der Waals surface area (Å²) in [5, 5.41) is 18.8. The van der Waals surface area contributed by atoms with Crippen LogP contribution >= 0.6 is 11.6 Å². The van der Waals surface area contributed by atoms with Crippen LogP contribution in [0.4, 0.5) is 10.1 Å². The molecule has 0 aliphatic carbocycles. The highest BCUT2D eigenvalue weighted by Gasteiger charge is 2.27. The van der Waals surface area contributed by atoms with Crippen molar-refractivity contribution < 1.29 is 19.0 Å². The Morgan fingerprint density at radius 3 is 2.48 bits per heavy atom. The Labute approximate surface area is 198 Å². The van der Waals surface area contributed by atoms with Crippen LogP contribution < -0.4 is 9.64 Å². The molecule has 2 aromatic carbocycles. The molecule has 0 bridgehead atoms. The summed E-state index contributed by atoms with van der Waals surface area (Å²) >= 11 is 6.10. The molecule has 0 aromatic heterocycles. The lowest BCUT2D eigenvalue weighted by molar-refractivity contribution is 0.0696. The molecular weight excluding hydrogens is 445 g/mol. The number of nitriles is 1. The minimum atomic E-state index is -1.10. The van der Waals surface area contributed by atoms with Gasteiger partial charge in [0.15, 0.2) is 0 Å². The van der Waals surface area contributed by atoms with Gasteiger partial charge >= 0.3 is 5.97 Å². The molecule has 0 amide bonds. The van der Waals surface area contributed by atoms with Gasteiger partial charge in [0.2, 0.25) is 0 Å². The quantitative estimate of drug-likeness (QED) is 0.651. The first kappa shape index (κ1) is 23.3. The maximum absolute atomic E-state index is 13.5. The summed E-state index contributed by atoms with van der Waals surface area (Å²) in [5.41, 5.74) is 1.07. The Morgan fingerprint density at radius 1 is 1.12 bits per heavy atom. The van der Waals surface area contributed by atoms with Gasteiger partial charge in [-0.1, -0.05) is 11.6 Å². The van der Waals surface area contributed by atoms with Crippen LogP contribution in [0.2, 0.25) is 5.02 Å². The molecule has 0 spiro atoms. The minimum Gasteiger partial charge on any atom is -0.490 e. The van der Waals surface area contributed by atoms with Crippen molar-refractivity contribution in [1.29, 1.82) is 5.26 Å². The number of piperidine rings is 2. The van der Waals surface area contributed by atoms with Crippen LogP contribution in [0.5, 0.6) is 5.75 Å². The average Bonchev–Trinajstić information content (AvgIpc) is 2.81. The van der Waals surface area contributed by atoms with Crippen molar-refractivity contribution in [3.8, 4) is 11.8 Å². The largest absolute Gasteiger partial charge is 0.490 e. The number of aromatic carboxylic acids is 1. The Bertz CT molecular complexity index is 1040. The molecule has 8 heteroatoms.